The van der Waals surface area contributed by atoms with Crippen LogP contribution in [0.3, 0.4) is 0 Å². The van der Waals surface area contributed by atoms with Crippen molar-refractivity contribution in [2.75, 3.05) is 0 Å². The van der Waals surface area contributed by atoms with Crippen molar-refractivity contribution >= 4 is 0 Å². The highest BCUT2D eigenvalue weighted by atomic mass is 16.5. The summed E-state index contributed by atoms with van der Waals surface area (Å²) in [5.74, 6) is 0.361. The number of ether oxygens (including phenoxy) is 1. The molecule has 3 heteroatoms. The van der Waals surface area contributed by atoms with Gasteiger partial charge in [-0.25, -0.2) is 0 Å². The van der Waals surface area contributed by atoms with Crippen LogP contribution in [0, 0.1) is 11.8 Å². The molecule has 5 atom stereocenters. The standard InChI is InChI=1S/C11H22O3/c1-5-8-10(12)11(13)9(6(2)3)7(4)14-8/h6-13H,5H2,1-4H3. The van der Waals surface area contributed by atoms with Crippen molar-refractivity contribution in [3.05, 3.63) is 0 Å². The lowest BCUT2D eigenvalue weighted by Crippen LogP contribution is -2.54. The highest BCUT2D eigenvalue weighted by molar-refractivity contribution is 4.91. The molecule has 2 N–H and O–H groups in total. The predicted octanol–water partition coefficient (Wildman–Crippen LogP) is 1.18. The highest BCUT2D eigenvalue weighted by Crippen LogP contribution is 2.32. The molecule has 1 saturated heterocycles. The molecule has 14 heavy (non-hydrogen) atoms. The highest BCUT2D eigenvalue weighted by Gasteiger charge is 2.42. The van der Waals surface area contributed by atoms with Gasteiger partial charge in [0.05, 0.1) is 18.3 Å². The van der Waals surface area contributed by atoms with Crippen molar-refractivity contribution in [3.8, 4) is 0 Å². The van der Waals surface area contributed by atoms with E-state index >= 15 is 0 Å². The summed E-state index contributed by atoms with van der Waals surface area (Å²) < 4.78 is 5.68. The van der Waals surface area contributed by atoms with Crippen molar-refractivity contribution in [2.45, 2.75) is 58.5 Å². The van der Waals surface area contributed by atoms with Crippen molar-refractivity contribution < 1.29 is 14.9 Å². The first-order valence-corrected chi connectivity index (χ1v) is 5.50. The zero-order valence-electron chi connectivity index (χ0n) is 9.47. The molecule has 1 aliphatic rings. The molecule has 0 amide bonds. The van der Waals surface area contributed by atoms with Gasteiger partial charge in [0.25, 0.3) is 0 Å². The Morgan fingerprint density at radius 3 is 2.21 bits per heavy atom. The summed E-state index contributed by atoms with van der Waals surface area (Å²) in [6, 6.07) is 0. The van der Waals surface area contributed by atoms with Gasteiger partial charge in [-0.15, -0.1) is 0 Å². The van der Waals surface area contributed by atoms with Crippen molar-refractivity contribution in [1.82, 2.24) is 0 Å². The molecule has 0 aromatic carbocycles. The monoisotopic (exact) mass is 202 g/mol. The average molecular weight is 202 g/mol. The Kier molecular flexibility index (Phi) is 3.93. The van der Waals surface area contributed by atoms with E-state index in [0.29, 0.717) is 5.92 Å². The third kappa shape index (κ3) is 2.10. The Morgan fingerprint density at radius 1 is 1.21 bits per heavy atom. The smallest absolute Gasteiger partial charge is 0.106 e. The predicted molar refractivity (Wildman–Crippen MR) is 55.0 cm³/mol. The van der Waals surface area contributed by atoms with Crippen molar-refractivity contribution in [2.24, 2.45) is 11.8 Å². The minimum absolute atomic E-state index is 0.0262. The van der Waals surface area contributed by atoms with E-state index in [1.165, 1.54) is 0 Å². The summed E-state index contributed by atoms with van der Waals surface area (Å²) in [7, 11) is 0. The van der Waals surface area contributed by atoms with Crippen LogP contribution in [-0.4, -0.2) is 34.6 Å². The van der Waals surface area contributed by atoms with E-state index in [1.807, 2.05) is 27.7 Å². The SMILES string of the molecule is CCC1OC(C)C(C(C)C)C(O)C1O. The molecule has 3 nitrogen and oxygen atoms in total. The van der Waals surface area contributed by atoms with Crippen LogP contribution in [0.1, 0.15) is 34.1 Å². The minimum atomic E-state index is -0.733. The normalized spacial score (nSPS) is 44.4. The molecule has 84 valence electrons. The fourth-order valence-corrected chi connectivity index (χ4v) is 2.45. The van der Waals surface area contributed by atoms with Crippen LogP contribution in [0.2, 0.25) is 0 Å². The zero-order valence-corrected chi connectivity index (χ0v) is 9.47. The Bertz CT molecular complexity index is 181. The maximum atomic E-state index is 9.95. The topological polar surface area (TPSA) is 49.7 Å². The van der Waals surface area contributed by atoms with Crippen molar-refractivity contribution in [3.63, 3.8) is 0 Å². The molecule has 1 rings (SSSR count). The van der Waals surface area contributed by atoms with Gasteiger partial charge in [0.2, 0.25) is 0 Å². The number of aliphatic hydroxyl groups is 2. The third-order valence-electron chi connectivity index (χ3n) is 3.23. The Labute approximate surface area is 86.1 Å². The maximum absolute atomic E-state index is 9.95. The molecular weight excluding hydrogens is 180 g/mol. The average Bonchev–Trinajstić information content (AvgIpc) is 2.10. The van der Waals surface area contributed by atoms with E-state index in [0.717, 1.165) is 6.42 Å². The summed E-state index contributed by atoms with van der Waals surface area (Å²) in [5.41, 5.74) is 0. The molecule has 1 aliphatic heterocycles. The Hall–Kier alpha value is -0.120. The first-order chi connectivity index (χ1) is 6.49. The van der Waals surface area contributed by atoms with Crippen molar-refractivity contribution in [1.29, 1.82) is 0 Å². The molecule has 5 unspecified atom stereocenters. The summed E-state index contributed by atoms with van der Waals surface area (Å²) in [6.45, 7) is 8.03. The number of hydrogen-bond donors (Lipinski definition) is 2. The van der Waals surface area contributed by atoms with E-state index in [-0.39, 0.29) is 18.1 Å². The van der Waals surface area contributed by atoms with Gasteiger partial charge in [-0.1, -0.05) is 20.8 Å². The van der Waals surface area contributed by atoms with E-state index in [1.54, 1.807) is 0 Å². The molecule has 0 aromatic rings. The first-order valence-electron chi connectivity index (χ1n) is 5.50. The summed E-state index contributed by atoms with van der Waals surface area (Å²) in [5, 5.41) is 19.7. The number of aliphatic hydroxyl groups excluding tert-OH is 2. The fourth-order valence-electron chi connectivity index (χ4n) is 2.45. The third-order valence-corrected chi connectivity index (χ3v) is 3.23. The molecule has 0 spiro atoms. The zero-order chi connectivity index (χ0) is 10.9. The summed E-state index contributed by atoms with van der Waals surface area (Å²) >= 11 is 0. The van der Waals surface area contributed by atoms with Crippen LogP contribution in [0.5, 0.6) is 0 Å². The molecule has 0 aromatic heterocycles. The second-order valence-corrected chi connectivity index (χ2v) is 4.59. The lowest BCUT2D eigenvalue weighted by Gasteiger charge is -2.43. The Morgan fingerprint density at radius 2 is 1.79 bits per heavy atom. The van der Waals surface area contributed by atoms with Gasteiger partial charge in [0.1, 0.15) is 6.10 Å². The largest absolute Gasteiger partial charge is 0.390 e. The van der Waals surface area contributed by atoms with Gasteiger partial charge >= 0.3 is 0 Å². The van der Waals surface area contributed by atoms with Crippen LogP contribution < -0.4 is 0 Å². The second-order valence-electron chi connectivity index (χ2n) is 4.59. The lowest BCUT2D eigenvalue weighted by atomic mass is 9.79. The van der Waals surface area contributed by atoms with Gasteiger partial charge in [-0.3, -0.25) is 0 Å². The van der Waals surface area contributed by atoms with Crippen LogP contribution in [0.25, 0.3) is 0 Å². The molecular formula is C11H22O3. The Balaban J connectivity index is 2.74. The second kappa shape index (κ2) is 4.60. The van der Waals surface area contributed by atoms with Crippen LogP contribution in [-0.2, 0) is 4.74 Å². The van der Waals surface area contributed by atoms with Gasteiger partial charge in [-0.05, 0) is 19.3 Å². The molecule has 0 aliphatic carbocycles. The van der Waals surface area contributed by atoms with E-state index in [2.05, 4.69) is 0 Å². The molecule has 1 heterocycles. The molecule has 0 saturated carbocycles. The lowest BCUT2D eigenvalue weighted by molar-refractivity contribution is -0.203. The van der Waals surface area contributed by atoms with Gasteiger partial charge < -0.3 is 14.9 Å². The quantitative estimate of drug-likeness (QED) is 0.707. The maximum Gasteiger partial charge on any atom is 0.106 e. The van der Waals surface area contributed by atoms with Gasteiger partial charge in [0, 0.05) is 5.92 Å². The first kappa shape index (κ1) is 12.0. The number of hydrogen-bond acceptors (Lipinski definition) is 3. The molecule has 0 bridgehead atoms. The van der Waals surface area contributed by atoms with Crippen LogP contribution in [0.15, 0.2) is 0 Å². The van der Waals surface area contributed by atoms with E-state index in [4.69, 9.17) is 4.74 Å². The summed E-state index contributed by atoms with van der Waals surface area (Å²) in [4.78, 5) is 0. The van der Waals surface area contributed by atoms with E-state index in [9.17, 15) is 10.2 Å². The molecule has 1 fully saturated rings. The van der Waals surface area contributed by atoms with Gasteiger partial charge in [-0.2, -0.15) is 0 Å². The number of rotatable bonds is 2. The summed E-state index contributed by atoms with van der Waals surface area (Å²) in [6.07, 6.45) is -0.825. The fraction of sp³-hybridized carbons (Fsp3) is 1.00. The minimum Gasteiger partial charge on any atom is -0.390 e. The molecule has 0 radical (unpaired) electrons. The van der Waals surface area contributed by atoms with E-state index < -0.39 is 12.2 Å². The van der Waals surface area contributed by atoms with Gasteiger partial charge in [0.15, 0.2) is 0 Å². The van der Waals surface area contributed by atoms with Crippen LogP contribution in [0.4, 0.5) is 0 Å². The van der Waals surface area contributed by atoms with Crippen LogP contribution >= 0.6 is 0 Å².